The first kappa shape index (κ1) is 32.6. The third-order valence-corrected chi connectivity index (χ3v) is 0. The van der Waals surface area contributed by atoms with Crippen LogP contribution in [0.1, 0.15) is 0 Å². The average molecular weight is 277 g/mol. The van der Waals surface area contributed by atoms with E-state index in [1.54, 1.807) is 0 Å². The molecule has 0 fully saturated rings. The first-order valence-electron chi connectivity index (χ1n) is 0. The maximum atomic E-state index is 0. The molecule has 0 rings (SSSR count). The van der Waals surface area contributed by atoms with Crippen LogP contribution < -0.4 is 0 Å². The Morgan fingerprint density at radius 3 is 1.00 bits per heavy atom. The van der Waals surface area contributed by atoms with E-state index in [4.69, 9.17) is 0 Å². The van der Waals surface area contributed by atoms with Crippen molar-refractivity contribution >= 4 is 0 Å². The minimum absolute atomic E-state index is 0. The minimum Gasteiger partial charge on any atom is -0.412 e. The summed E-state index contributed by atoms with van der Waals surface area (Å²) in [7, 11) is 0. The molecule has 0 bridgehead atoms. The molecule has 30 valence electrons. The van der Waals surface area contributed by atoms with Crippen molar-refractivity contribution in [2.75, 3.05) is 0 Å². The molecule has 0 aliphatic carbocycles. The van der Waals surface area contributed by atoms with Crippen molar-refractivity contribution in [1.29, 1.82) is 0 Å². The van der Waals surface area contributed by atoms with Crippen molar-refractivity contribution in [3.8, 4) is 0 Å². The van der Waals surface area contributed by atoms with Crippen LogP contribution in [0.5, 0.6) is 0 Å². The Labute approximate surface area is 79.9 Å². The molecular weight excluding hydrogens is 275 g/mol. The molecule has 2 radical (unpaired) electrons. The van der Waals surface area contributed by atoms with Gasteiger partial charge in [-0.15, -0.1) is 0 Å². The predicted molar refractivity (Wildman–Crippen MR) is 3.61 cm³/mol. The van der Waals surface area contributed by atoms with Crippen molar-refractivity contribution in [1.82, 2.24) is 0 Å². The van der Waals surface area contributed by atoms with E-state index in [1.165, 1.54) is 0 Å². The van der Waals surface area contributed by atoms with E-state index in [0.29, 0.717) is 0 Å². The van der Waals surface area contributed by atoms with Crippen LogP contribution in [-0.4, -0.2) is 5.48 Å². The van der Waals surface area contributed by atoms with Crippen LogP contribution in [0.4, 0.5) is 0 Å². The topological polar surface area (TPSA) is 31.5 Å². The monoisotopic (exact) mass is 276 g/mol. The van der Waals surface area contributed by atoms with Crippen LogP contribution in [0.2, 0.25) is 0 Å². The Balaban J connectivity index is 0. The molecular formula is H2CeCuMnO. The van der Waals surface area contributed by atoms with Crippen LogP contribution in [0.15, 0.2) is 0 Å². The maximum Gasteiger partial charge on any atom is 0 e. The van der Waals surface area contributed by atoms with Gasteiger partial charge in [0.1, 0.15) is 0 Å². The van der Waals surface area contributed by atoms with E-state index >= 15 is 0 Å². The molecule has 0 aliphatic rings. The zero-order valence-corrected chi connectivity index (χ0v) is 6.94. The number of rotatable bonds is 0. The summed E-state index contributed by atoms with van der Waals surface area (Å²) in [6.45, 7) is 0. The molecule has 2 N–H and O–H groups in total. The summed E-state index contributed by atoms with van der Waals surface area (Å²) in [5.41, 5.74) is 0. The molecule has 0 aromatic heterocycles. The summed E-state index contributed by atoms with van der Waals surface area (Å²) in [6.07, 6.45) is 0. The van der Waals surface area contributed by atoms with E-state index in [-0.39, 0.29) is 81.4 Å². The molecule has 0 atom stereocenters. The second-order valence-corrected chi connectivity index (χ2v) is 0. The Hall–Kier alpha value is 2.38. The predicted octanol–water partition coefficient (Wildman–Crippen LogP) is -0.830. The second kappa shape index (κ2) is 18.2. The van der Waals surface area contributed by atoms with Crippen LogP contribution in [0, 0.1) is 41.7 Å². The third-order valence-electron chi connectivity index (χ3n) is 0. The quantitative estimate of drug-likeness (QED) is 0.518. The Kier molecular flexibility index (Phi) is 149. The van der Waals surface area contributed by atoms with E-state index < -0.39 is 0 Å². The Morgan fingerprint density at radius 2 is 1.00 bits per heavy atom. The van der Waals surface area contributed by atoms with Gasteiger partial charge in [-0.1, -0.05) is 0 Å². The minimum atomic E-state index is 0. The standard InChI is InChI=1S/Ce.Cu.Mn.H2O/h;;;1H2. The molecule has 0 aromatic carbocycles. The van der Waals surface area contributed by atoms with E-state index in [1.807, 2.05) is 0 Å². The van der Waals surface area contributed by atoms with E-state index in [9.17, 15) is 0 Å². The van der Waals surface area contributed by atoms with Gasteiger partial charge in [-0.2, -0.15) is 0 Å². The van der Waals surface area contributed by atoms with Gasteiger partial charge in [0.15, 0.2) is 0 Å². The summed E-state index contributed by atoms with van der Waals surface area (Å²) >= 11 is 0. The van der Waals surface area contributed by atoms with Crippen molar-refractivity contribution in [3.05, 3.63) is 0 Å². The molecule has 0 spiro atoms. The first-order chi connectivity index (χ1) is 0. The van der Waals surface area contributed by atoms with Crippen molar-refractivity contribution in [2.24, 2.45) is 0 Å². The largest absolute Gasteiger partial charge is 0.412 e. The molecule has 0 saturated carbocycles. The van der Waals surface area contributed by atoms with Gasteiger partial charge in [0.25, 0.3) is 0 Å². The van der Waals surface area contributed by atoms with Crippen LogP contribution in [-0.2, 0) is 34.1 Å². The van der Waals surface area contributed by atoms with Crippen LogP contribution in [0.25, 0.3) is 0 Å². The second-order valence-electron chi connectivity index (χ2n) is 0. The number of hydrogen-bond acceptors (Lipinski definition) is 0. The molecule has 1 nitrogen and oxygen atoms in total. The molecule has 0 heterocycles. The van der Waals surface area contributed by atoms with Gasteiger partial charge in [0, 0.05) is 75.9 Å². The molecule has 0 saturated heterocycles. The van der Waals surface area contributed by atoms with Gasteiger partial charge < -0.3 is 5.48 Å². The number of hydrogen-bond donors (Lipinski definition) is 0. The van der Waals surface area contributed by atoms with Gasteiger partial charge in [-0.3, -0.25) is 0 Å². The molecule has 0 amide bonds. The van der Waals surface area contributed by atoms with Crippen molar-refractivity contribution in [2.45, 2.75) is 0 Å². The zero-order chi connectivity index (χ0) is 0. The van der Waals surface area contributed by atoms with Gasteiger partial charge in [-0.25, -0.2) is 0 Å². The van der Waals surface area contributed by atoms with Crippen molar-refractivity contribution in [3.63, 3.8) is 0 Å². The third kappa shape index (κ3) is 8.83. The zero-order valence-electron chi connectivity index (χ0n) is 1.68. The Bertz CT molecular complexity index is 8.00. The first-order valence-corrected chi connectivity index (χ1v) is 0. The summed E-state index contributed by atoms with van der Waals surface area (Å²) in [5.74, 6) is 0. The molecule has 4 heteroatoms. The van der Waals surface area contributed by atoms with Gasteiger partial charge in [0.2, 0.25) is 0 Å². The fourth-order valence-corrected chi connectivity index (χ4v) is 0. The van der Waals surface area contributed by atoms with E-state index in [0.717, 1.165) is 0 Å². The van der Waals surface area contributed by atoms with Crippen LogP contribution >= 0.6 is 0 Å². The molecule has 4 heavy (non-hydrogen) atoms. The normalized spacial score (nSPS) is 0. The van der Waals surface area contributed by atoms with Gasteiger partial charge in [0.05, 0.1) is 0 Å². The van der Waals surface area contributed by atoms with Gasteiger partial charge >= 0.3 is 0 Å². The Morgan fingerprint density at radius 1 is 1.00 bits per heavy atom. The molecule has 0 aromatic rings. The average Bonchev–Trinajstić information content (AvgIpc) is 0. The molecule has 0 aliphatic heterocycles. The maximum absolute atomic E-state index is 0. The van der Waals surface area contributed by atoms with Crippen LogP contribution in [0.3, 0.4) is 0 Å². The van der Waals surface area contributed by atoms with Gasteiger partial charge in [-0.05, 0) is 0 Å². The SMILES string of the molecule is O.[Ce].[Cu].[Mn]. The van der Waals surface area contributed by atoms with E-state index in [2.05, 4.69) is 0 Å². The summed E-state index contributed by atoms with van der Waals surface area (Å²) in [4.78, 5) is 0. The summed E-state index contributed by atoms with van der Waals surface area (Å²) in [5, 5.41) is 0. The summed E-state index contributed by atoms with van der Waals surface area (Å²) < 4.78 is 0. The smallest absolute Gasteiger partial charge is 0 e. The summed E-state index contributed by atoms with van der Waals surface area (Å²) in [6, 6.07) is 0. The fourth-order valence-electron chi connectivity index (χ4n) is 0. The fraction of sp³-hybridized carbons (Fsp3) is 0. The van der Waals surface area contributed by atoms with Crippen molar-refractivity contribution < 1.29 is 81.4 Å². The molecule has 0 unspecified atom stereocenters.